The van der Waals surface area contributed by atoms with Gasteiger partial charge in [0.1, 0.15) is 5.82 Å². The summed E-state index contributed by atoms with van der Waals surface area (Å²) >= 11 is 0. The first kappa shape index (κ1) is 11.8. The van der Waals surface area contributed by atoms with Crippen LogP contribution in [-0.4, -0.2) is 4.98 Å². The van der Waals surface area contributed by atoms with Crippen LogP contribution in [0.2, 0.25) is 0 Å². The molecule has 0 radical (unpaired) electrons. The van der Waals surface area contributed by atoms with Crippen molar-refractivity contribution in [2.24, 2.45) is 0 Å². The third-order valence-electron chi connectivity index (χ3n) is 3.04. The first-order valence-corrected chi connectivity index (χ1v) is 5.83. The highest BCUT2D eigenvalue weighted by Crippen LogP contribution is 2.21. The quantitative estimate of drug-likeness (QED) is 0.778. The van der Waals surface area contributed by atoms with Crippen LogP contribution in [0.5, 0.6) is 0 Å². The third kappa shape index (κ3) is 2.90. The molecule has 0 bridgehead atoms. The molecule has 0 N–H and O–H groups in total. The minimum atomic E-state index is -0.174. The summed E-state index contributed by atoms with van der Waals surface area (Å²) in [5.41, 5.74) is 3.30. The number of halogens is 1. The lowest BCUT2D eigenvalue weighted by molar-refractivity contribution is 0.620. The van der Waals surface area contributed by atoms with Crippen molar-refractivity contribution in [3.05, 3.63) is 65.2 Å². The fourth-order valence-corrected chi connectivity index (χ4v) is 1.95. The zero-order valence-electron chi connectivity index (χ0n) is 10.2. The monoisotopic (exact) mass is 229 g/mol. The molecule has 1 aromatic heterocycles. The van der Waals surface area contributed by atoms with E-state index in [9.17, 15) is 4.39 Å². The molecule has 0 saturated heterocycles. The first-order chi connectivity index (χ1) is 8.16. The van der Waals surface area contributed by atoms with Crippen molar-refractivity contribution in [3.8, 4) is 0 Å². The maximum atomic E-state index is 13.1. The number of aryl methyl sites for hydroxylation is 1. The maximum absolute atomic E-state index is 13.1. The Labute approximate surface area is 101 Å². The average Bonchev–Trinajstić information content (AvgIpc) is 2.32. The van der Waals surface area contributed by atoms with Crippen molar-refractivity contribution in [3.63, 3.8) is 0 Å². The van der Waals surface area contributed by atoms with Gasteiger partial charge in [0.05, 0.1) is 0 Å². The lowest BCUT2D eigenvalue weighted by Gasteiger charge is -2.12. The minimum absolute atomic E-state index is 0.174. The molecule has 0 saturated carbocycles. The number of nitrogens with zero attached hydrogens (tertiary/aromatic N) is 1. The highest BCUT2D eigenvalue weighted by molar-refractivity contribution is 5.24. The molecule has 1 aromatic carbocycles. The van der Waals surface area contributed by atoms with Gasteiger partial charge in [0.25, 0.3) is 0 Å². The van der Waals surface area contributed by atoms with E-state index in [1.54, 1.807) is 18.3 Å². The van der Waals surface area contributed by atoms with E-state index in [1.807, 2.05) is 12.1 Å². The predicted octanol–water partition coefficient (Wildman–Crippen LogP) is 3.88. The highest BCUT2D eigenvalue weighted by Gasteiger charge is 2.09. The molecule has 0 fully saturated rings. The molecule has 88 valence electrons. The van der Waals surface area contributed by atoms with E-state index in [1.165, 1.54) is 11.6 Å². The van der Waals surface area contributed by atoms with Gasteiger partial charge in [-0.2, -0.15) is 0 Å². The maximum Gasteiger partial charge on any atom is 0.123 e. The van der Waals surface area contributed by atoms with Crippen molar-refractivity contribution >= 4 is 0 Å². The Morgan fingerprint density at radius 3 is 2.76 bits per heavy atom. The van der Waals surface area contributed by atoms with Crippen molar-refractivity contribution in [2.75, 3.05) is 0 Å². The molecule has 0 amide bonds. The molecule has 1 atom stereocenters. The lowest BCUT2D eigenvalue weighted by Crippen LogP contribution is -2.02. The van der Waals surface area contributed by atoms with E-state index in [4.69, 9.17) is 0 Å². The molecule has 2 aromatic rings. The molecule has 0 spiro atoms. The van der Waals surface area contributed by atoms with Crippen LogP contribution in [0.3, 0.4) is 0 Å². The van der Waals surface area contributed by atoms with Crippen molar-refractivity contribution in [1.29, 1.82) is 0 Å². The van der Waals surface area contributed by atoms with Crippen molar-refractivity contribution in [1.82, 2.24) is 4.98 Å². The normalized spacial score (nSPS) is 12.4. The Morgan fingerprint density at radius 1 is 1.24 bits per heavy atom. The van der Waals surface area contributed by atoms with E-state index in [-0.39, 0.29) is 11.7 Å². The largest absolute Gasteiger partial charge is 0.261 e. The molecule has 0 aliphatic rings. The summed E-state index contributed by atoms with van der Waals surface area (Å²) in [7, 11) is 0. The molecule has 2 rings (SSSR count). The van der Waals surface area contributed by atoms with Gasteiger partial charge in [0.15, 0.2) is 0 Å². The van der Waals surface area contributed by atoms with Gasteiger partial charge in [-0.15, -0.1) is 0 Å². The fraction of sp³-hybridized carbons (Fsp3) is 0.267. The second kappa shape index (κ2) is 5.09. The molecule has 1 nitrogen and oxygen atoms in total. The molecular formula is C15H16FN. The number of benzene rings is 1. The molecule has 17 heavy (non-hydrogen) atoms. The van der Waals surface area contributed by atoms with Crippen molar-refractivity contribution in [2.45, 2.75) is 26.2 Å². The third-order valence-corrected chi connectivity index (χ3v) is 3.04. The van der Waals surface area contributed by atoms with Gasteiger partial charge in [-0.1, -0.05) is 25.1 Å². The van der Waals surface area contributed by atoms with E-state index in [0.29, 0.717) is 0 Å². The number of pyridine rings is 1. The second-order valence-electron chi connectivity index (χ2n) is 4.43. The summed E-state index contributed by atoms with van der Waals surface area (Å²) in [5, 5.41) is 0. The Bertz CT molecular complexity index is 508. The van der Waals surface area contributed by atoms with Gasteiger partial charge < -0.3 is 0 Å². The number of rotatable bonds is 3. The van der Waals surface area contributed by atoms with E-state index in [2.05, 4.69) is 24.9 Å². The Morgan fingerprint density at radius 2 is 2.06 bits per heavy atom. The minimum Gasteiger partial charge on any atom is -0.261 e. The van der Waals surface area contributed by atoms with E-state index >= 15 is 0 Å². The Kier molecular flexibility index (Phi) is 3.52. The summed E-state index contributed by atoms with van der Waals surface area (Å²) in [5.74, 6) is 0.103. The van der Waals surface area contributed by atoms with Gasteiger partial charge in [0, 0.05) is 11.9 Å². The lowest BCUT2D eigenvalue weighted by atomic mass is 9.94. The van der Waals surface area contributed by atoms with E-state index < -0.39 is 0 Å². The van der Waals surface area contributed by atoms with Crippen LogP contribution in [0.25, 0.3) is 0 Å². The smallest absolute Gasteiger partial charge is 0.123 e. The zero-order chi connectivity index (χ0) is 12.3. The van der Waals surface area contributed by atoms with Gasteiger partial charge in [-0.05, 0) is 48.6 Å². The molecule has 1 unspecified atom stereocenters. The summed E-state index contributed by atoms with van der Waals surface area (Å²) in [6.07, 6.45) is 2.65. The molecule has 0 aliphatic carbocycles. The van der Waals surface area contributed by atoms with Gasteiger partial charge in [-0.25, -0.2) is 4.39 Å². The Hall–Kier alpha value is -1.70. The van der Waals surface area contributed by atoms with Gasteiger partial charge in [-0.3, -0.25) is 4.98 Å². The summed E-state index contributed by atoms with van der Waals surface area (Å²) in [4.78, 5) is 4.37. The van der Waals surface area contributed by atoms with Crippen LogP contribution in [0.4, 0.5) is 4.39 Å². The van der Waals surface area contributed by atoms with Gasteiger partial charge in [0.2, 0.25) is 0 Å². The van der Waals surface area contributed by atoms with Crippen LogP contribution in [0.1, 0.15) is 29.7 Å². The van der Waals surface area contributed by atoms with Crippen LogP contribution < -0.4 is 0 Å². The molecule has 1 heterocycles. The summed E-state index contributed by atoms with van der Waals surface area (Å²) < 4.78 is 13.1. The predicted molar refractivity (Wildman–Crippen MR) is 67.5 cm³/mol. The van der Waals surface area contributed by atoms with Crippen LogP contribution in [-0.2, 0) is 6.42 Å². The average molecular weight is 229 g/mol. The number of aromatic nitrogens is 1. The number of hydrogen-bond acceptors (Lipinski definition) is 1. The standard InChI is InChI=1S/C15H16FN/c1-11-5-4-8-17-15(11)9-12(2)13-6-3-7-14(16)10-13/h3-8,10,12H,9H2,1-2H3. The zero-order valence-corrected chi connectivity index (χ0v) is 10.2. The van der Waals surface area contributed by atoms with Crippen LogP contribution >= 0.6 is 0 Å². The highest BCUT2D eigenvalue weighted by atomic mass is 19.1. The first-order valence-electron chi connectivity index (χ1n) is 5.83. The van der Waals surface area contributed by atoms with Crippen LogP contribution in [0.15, 0.2) is 42.6 Å². The fourth-order valence-electron chi connectivity index (χ4n) is 1.95. The SMILES string of the molecule is Cc1cccnc1CC(C)c1cccc(F)c1. The second-order valence-corrected chi connectivity index (χ2v) is 4.43. The molecular weight excluding hydrogens is 213 g/mol. The van der Waals surface area contributed by atoms with E-state index in [0.717, 1.165) is 17.7 Å². The topological polar surface area (TPSA) is 12.9 Å². The molecule has 2 heteroatoms. The Balaban J connectivity index is 2.17. The number of hydrogen-bond donors (Lipinski definition) is 0. The summed E-state index contributed by atoms with van der Waals surface area (Å²) in [6.45, 7) is 4.16. The van der Waals surface area contributed by atoms with Crippen molar-refractivity contribution < 1.29 is 4.39 Å². The molecule has 0 aliphatic heterocycles. The van der Waals surface area contributed by atoms with Gasteiger partial charge >= 0.3 is 0 Å². The summed E-state index contributed by atoms with van der Waals surface area (Å²) in [6, 6.07) is 10.8. The van der Waals surface area contributed by atoms with Crippen LogP contribution in [0, 0.1) is 12.7 Å².